The Balaban J connectivity index is 1.83. The largest absolute Gasteiger partial charge is 0.486 e. The highest BCUT2D eigenvalue weighted by Gasteiger charge is 2.31. The Hall–Kier alpha value is -1.46. The molecule has 5 heteroatoms. The van der Waals surface area contributed by atoms with Crippen molar-refractivity contribution < 1.29 is 14.2 Å². The highest BCUT2D eigenvalue weighted by molar-refractivity contribution is 5.58. The Morgan fingerprint density at radius 2 is 1.85 bits per heavy atom. The number of hydrogen-bond donors (Lipinski definition) is 1. The van der Waals surface area contributed by atoms with E-state index in [2.05, 4.69) is 18.7 Å². The summed E-state index contributed by atoms with van der Waals surface area (Å²) in [6, 6.07) is 3.88. The van der Waals surface area contributed by atoms with Gasteiger partial charge in [0.25, 0.3) is 0 Å². The van der Waals surface area contributed by atoms with Gasteiger partial charge >= 0.3 is 0 Å². The molecule has 0 amide bonds. The fraction of sp³-hybridized carbons (Fsp3) is 0.600. The molecule has 2 heterocycles. The monoisotopic (exact) mass is 278 g/mol. The highest BCUT2D eigenvalue weighted by Crippen LogP contribution is 2.35. The number of benzene rings is 1. The summed E-state index contributed by atoms with van der Waals surface area (Å²) in [5, 5.41) is 0. The number of rotatable bonds is 2. The summed E-state index contributed by atoms with van der Waals surface area (Å²) in [5.74, 6) is 1.55. The number of fused-ring (bicyclic) bond motifs is 1. The van der Waals surface area contributed by atoms with Crippen molar-refractivity contribution in [3.05, 3.63) is 17.7 Å². The van der Waals surface area contributed by atoms with Crippen molar-refractivity contribution in [2.75, 3.05) is 38.7 Å². The van der Waals surface area contributed by atoms with Crippen molar-refractivity contribution in [2.24, 2.45) is 0 Å². The average Bonchev–Trinajstić information content (AvgIpc) is 2.41. The molecule has 2 N–H and O–H groups in total. The number of nitrogens with two attached hydrogens (primary N) is 1. The van der Waals surface area contributed by atoms with Crippen LogP contribution >= 0.6 is 0 Å². The topological polar surface area (TPSA) is 57.0 Å². The summed E-state index contributed by atoms with van der Waals surface area (Å²) in [5.41, 5.74) is 8.03. The van der Waals surface area contributed by atoms with Crippen LogP contribution in [0.4, 0.5) is 5.69 Å². The standard InChI is InChI=1S/C15H22N2O3/c1-15(2)10-18-4-3-17(15)9-11-7-13-14(8-12(11)16)20-6-5-19-13/h7-8H,3-6,9-10,16H2,1-2H3. The number of ether oxygens (including phenoxy) is 3. The molecule has 110 valence electrons. The molecule has 0 aromatic heterocycles. The van der Waals surface area contributed by atoms with E-state index in [1.165, 1.54) is 0 Å². The van der Waals surface area contributed by atoms with E-state index in [-0.39, 0.29) is 5.54 Å². The summed E-state index contributed by atoms with van der Waals surface area (Å²) < 4.78 is 16.7. The molecule has 0 bridgehead atoms. The van der Waals surface area contributed by atoms with Crippen molar-refractivity contribution in [3.63, 3.8) is 0 Å². The summed E-state index contributed by atoms with van der Waals surface area (Å²) in [6.45, 7) is 8.81. The van der Waals surface area contributed by atoms with E-state index in [1.807, 2.05) is 12.1 Å². The zero-order valence-electron chi connectivity index (χ0n) is 12.1. The molecule has 1 saturated heterocycles. The third-order valence-electron chi connectivity index (χ3n) is 3.98. The zero-order chi connectivity index (χ0) is 14.2. The minimum Gasteiger partial charge on any atom is -0.486 e. The van der Waals surface area contributed by atoms with Crippen molar-refractivity contribution in [1.82, 2.24) is 4.90 Å². The lowest BCUT2D eigenvalue weighted by Gasteiger charge is -2.42. The normalized spacial score (nSPS) is 21.7. The molecule has 0 spiro atoms. The smallest absolute Gasteiger partial charge is 0.163 e. The molecule has 2 aliphatic heterocycles. The Morgan fingerprint density at radius 1 is 1.15 bits per heavy atom. The first-order chi connectivity index (χ1) is 9.56. The molecule has 0 atom stereocenters. The second-order valence-corrected chi connectivity index (χ2v) is 5.98. The second kappa shape index (κ2) is 5.14. The molecule has 0 radical (unpaired) electrons. The van der Waals surface area contributed by atoms with E-state index < -0.39 is 0 Å². The minimum atomic E-state index is 0.0257. The van der Waals surface area contributed by atoms with E-state index >= 15 is 0 Å². The molecule has 1 aromatic rings. The maximum atomic E-state index is 6.16. The molecular formula is C15H22N2O3. The number of morpholine rings is 1. The Morgan fingerprint density at radius 3 is 2.55 bits per heavy atom. The fourth-order valence-corrected chi connectivity index (χ4v) is 2.67. The first-order valence-electron chi connectivity index (χ1n) is 7.07. The van der Waals surface area contributed by atoms with Gasteiger partial charge < -0.3 is 19.9 Å². The van der Waals surface area contributed by atoms with Crippen LogP contribution in [0.3, 0.4) is 0 Å². The van der Waals surface area contributed by atoms with E-state index in [0.29, 0.717) is 13.2 Å². The average molecular weight is 278 g/mol. The van der Waals surface area contributed by atoms with Crippen LogP contribution in [0.1, 0.15) is 19.4 Å². The zero-order valence-corrected chi connectivity index (χ0v) is 12.1. The first-order valence-corrected chi connectivity index (χ1v) is 7.07. The van der Waals surface area contributed by atoms with Crippen molar-refractivity contribution in [3.8, 4) is 11.5 Å². The Kier molecular flexibility index (Phi) is 3.48. The second-order valence-electron chi connectivity index (χ2n) is 5.98. The van der Waals surface area contributed by atoms with E-state index in [0.717, 1.165) is 49.1 Å². The van der Waals surface area contributed by atoms with Gasteiger partial charge in [-0.15, -0.1) is 0 Å². The molecular weight excluding hydrogens is 256 g/mol. The van der Waals surface area contributed by atoms with Gasteiger partial charge in [0.2, 0.25) is 0 Å². The van der Waals surface area contributed by atoms with Crippen LogP contribution in [0.5, 0.6) is 11.5 Å². The van der Waals surface area contributed by atoms with E-state index in [4.69, 9.17) is 19.9 Å². The van der Waals surface area contributed by atoms with Gasteiger partial charge in [-0.2, -0.15) is 0 Å². The fourth-order valence-electron chi connectivity index (χ4n) is 2.67. The lowest BCUT2D eigenvalue weighted by Crippen LogP contribution is -2.52. The lowest BCUT2D eigenvalue weighted by molar-refractivity contribution is -0.0552. The minimum absolute atomic E-state index is 0.0257. The van der Waals surface area contributed by atoms with Crippen LogP contribution in [0, 0.1) is 0 Å². The molecule has 0 unspecified atom stereocenters. The maximum Gasteiger partial charge on any atom is 0.163 e. The summed E-state index contributed by atoms with van der Waals surface area (Å²) in [7, 11) is 0. The number of nitrogen functional groups attached to an aromatic ring is 1. The maximum absolute atomic E-state index is 6.16. The molecule has 20 heavy (non-hydrogen) atoms. The van der Waals surface area contributed by atoms with Crippen LogP contribution in [0.25, 0.3) is 0 Å². The van der Waals surface area contributed by atoms with Crippen LogP contribution in [-0.2, 0) is 11.3 Å². The van der Waals surface area contributed by atoms with Gasteiger partial charge in [-0.1, -0.05) is 0 Å². The van der Waals surface area contributed by atoms with Crippen LogP contribution in [-0.4, -0.2) is 43.4 Å². The van der Waals surface area contributed by atoms with E-state index in [9.17, 15) is 0 Å². The lowest BCUT2D eigenvalue weighted by atomic mass is 10.0. The summed E-state index contributed by atoms with van der Waals surface area (Å²) in [6.07, 6.45) is 0. The molecule has 3 rings (SSSR count). The van der Waals surface area contributed by atoms with Gasteiger partial charge in [-0.25, -0.2) is 0 Å². The molecule has 1 fully saturated rings. The van der Waals surface area contributed by atoms with Gasteiger partial charge in [0, 0.05) is 30.4 Å². The quantitative estimate of drug-likeness (QED) is 0.834. The van der Waals surface area contributed by atoms with Crippen molar-refractivity contribution in [1.29, 1.82) is 0 Å². The van der Waals surface area contributed by atoms with Gasteiger partial charge in [0.15, 0.2) is 11.5 Å². The van der Waals surface area contributed by atoms with Gasteiger partial charge in [-0.3, -0.25) is 4.90 Å². The third-order valence-corrected chi connectivity index (χ3v) is 3.98. The van der Waals surface area contributed by atoms with Crippen LogP contribution in [0.2, 0.25) is 0 Å². The Labute approximate surface area is 119 Å². The number of nitrogens with zero attached hydrogens (tertiary/aromatic N) is 1. The summed E-state index contributed by atoms with van der Waals surface area (Å²) >= 11 is 0. The molecule has 2 aliphatic rings. The number of hydrogen-bond acceptors (Lipinski definition) is 5. The SMILES string of the molecule is CC1(C)COCCN1Cc1cc2c(cc1N)OCCO2. The molecule has 1 aromatic carbocycles. The molecule has 5 nitrogen and oxygen atoms in total. The van der Waals surface area contributed by atoms with Crippen LogP contribution in [0.15, 0.2) is 12.1 Å². The number of anilines is 1. The van der Waals surface area contributed by atoms with E-state index in [1.54, 1.807) is 0 Å². The van der Waals surface area contributed by atoms with Crippen molar-refractivity contribution in [2.45, 2.75) is 25.9 Å². The van der Waals surface area contributed by atoms with Gasteiger partial charge in [0.05, 0.1) is 13.2 Å². The summed E-state index contributed by atoms with van der Waals surface area (Å²) in [4.78, 5) is 2.40. The first kappa shape index (κ1) is 13.5. The third kappa shape index (κ3) is 2.55. The van der Waals surface area contributed by atoms with Crippen LogP contribution < -0.4 is 15.2 Å². The predicted octanol–water partition coefficient (Wildman–Crippen LogP) is 1.65. The van der Waals surface area contributed by atoms with Gasteiger partial charge in [-0.05, 0) is 25.5 Å². The molecule has 0 aliphatic carbocycles. The predicted molar refractivity (Wildman–Crippen MR) is 77.2 cm³/mol. The molecule has 0 saturated carbocycles. The van der Waals surface area contributed by atoms with Crippen molar-refractivity contribution >= 4 is 5.69 Å². The highest BCUT2D eigenvalue weighted by atomic mass is 16.6. The Bertz CT molecular complexity index is 502. The van der Waals surface area contributed by atoms with Gasteiger partial charge in [0.1, 0.15) is 13.2 Å².